The van der Waals surface area contributed by atoms with Crippen LogP contribution < -0.4 is 0 Å². The van der Waals surface area contributed by atoms with Crippen molar-refractivity contribution in [2.75, 3.05) is 19.3 Å². The van der Waals surface area contributed by atoms with Crippen LogP contribution in [0.3, 0.4) is 0 Å². The molecule has 0 N–H and O–H groups in total. The number of nitrogens with zero attached hydrogens (tertiary/aromatic N) is 2. The van der Waals surface area contributed by atoms with Gasteiger partial charge in [0.05, 0.1) is 5.75 Å². The van der Waals surface area contributed by atoms with Gasteiger partial charge < -0.3 is 9.80 Å². The molecule has 0 spiro atoms. The van der Waals surface area contributed by atoms with Gasteiger partial charge in [0.25, 0.3) is 10.1 Å². The van der Waals surface area contributed by atoms with E-state index in [1.165, 1.54) is 0 Å². The average molecular weight is 274 g/mol. The molecule has 1 atom stereocenters. The number of hydrogen-bond donors (Lipinski definition) is 0. The Labute approximate surface area is 110 Å². The van der Waals surface area contributed by atoms with Crippen LogP contribution in [0.2, 0.25) is 0 Å². The van der Waals surface area contributed by atoms with E-state index in [9.17, 15) is 8.42 Å². The van der Waals surface area contributed by atoms with Gasteiger partial charge in [-0.05, 0) is 13.3 Å². The Morgan fingerprint density at radius 3 is 2.72 bits per heavy atom. The van der Waals surface area contributed by atoms with Crippen molar-refractivity contribution in [1.82, 2.24) is 9.80 Å². The SMILES string of the molecule is CC=CCS(=O)(=O)OC1N(C)C=CN1CCCC. The molecule has 0 fully saturated rings. The first-order valence-electron chi connectivity index (χ1n) is 6.18. The van der Waals surface area contributed by atoms with E-state index < -0.39 is 16.5 Å². The second-order valence-electron chi connectivity index (χ2n) is 4.27. The lowest BCUT2D eigenvalue weighted by Gasteiger charge is -2.29. The summed E-state index contributed by atoms with van der Waals surface area (Å²) in [6.45, 7) is 4.68. The third-order valence-electron chi connectivity index (χ3n) is 2.66. The van der Waals surface area contributed by atoms with E-state index in [4.69, 9.17) is 4.18 Å². The van der Waals surface area contributed by atoms with Gasteiger partial charge in [0, 0.05) is 26.0 Å². The zero-order valence-corrected chi connectivity index (χ0v) is 12.1. The normalized spacial score (nSPS) is 20.3. The highest BCUT2D eigenvalue weighted by Gasteiger charge is 2.28. The van der Waals surface area contributed by atoms with Gasteiger partial charge in [-0.3, -0.25) is 0 Å². The van der Waals surface area contributed by atoms with Gasteiger partial charge in [-0.2, -0.15) is 8.42 Å². The summed E-state index contributed by atoms with van der Waals surface area (Å²) >= 11 is 0. The van der Waals surface area contributed by atoms with Crippen LogP contribution in [0.4, 0.5) is 0 Å². The molecule has 1 rings (SSSR count). The number of allylic oxidation sites excluding steroid dienone is 1. The molecule has 0 saturated heterocycles. The Kier molecular flexibility index (Phi) is 5.68. The molecule has 1 aliphatic heterocycles. The third-order valence-corrected chi connectivity index (χ3v) is 3.73. The lowest BCUT2D eigenvalue weighted by atomic mass is 10.3. The molecule has 0 radical (unpaired) electrons. The maximum Gasteiger partial charge on any atom is 0.274 e. The molecule has 104 valence electrons. The van der Waals surface area contributed by atoms with Crippen LogP contribution >= 0.6 is 0 Å². The molecule has 0 aromatic heterocycles. The van der Waals surface area contributed by atoms with E-state index in [1.807, 2.05) is 17.3 Å². The minimum absolute atomic E-state index is 0.0878. The number of rotatable bonds is 7. The van der Waals surface area contributed by atoms with Crippen LogP contribution in [0.25, 0.3) is 0 Å². The zero-order chi connectivity index (χ0) is 13.6. The molecule has 6 heteroatoms. The fraction of sp³-hybridized carbons (Fsp3) is 0.667. The molecule has 0 saturated carbocycles. The van der Waals surface area contributed by atoms with Gasteiger partial charge in [-0.15, -0.1) is 0 Å². The summed E-state index contributed by atoms with van der Waals surface area (Å²) in [5.74, 6) is -0.0878. The summed E-state index contributed by atoms with van der Waals surface area (Å²) in [6, 6.07) is 0. The van der Waals surface area contributed by atoms with Crippen LogP contribution in [0.15, 0.2) is 24.6 Å². The summed E-state index contributed by atoms with van der Waals surface area (Å²) < 4.78 is 28.7. The fourth-order valence-corrected chi connectivity index (χ4v) is 2.62. The molecule has 0 aromatic carbocycles. The summed E-state index contributed by atoms with van der Waals surface area (Å²) in [5, 5.41) is 0. The first-order chi connectivity index (χ1) is 8.50. The van der Waals surface area contributed by atoms with Crippen molar-refractivity contribution < 1.29 is 12.6 Å². The van der Waals surface area contributed by atoms with Gasteiger partial charge in [0.1, 0.15) is 0 Å². The van der Waals surface area contributed by atoms with Crippen molar-refractivity contribution in [2.24, 2.45) is 0 Å². The van der Waals surface area contributed by atoms with E-state index in [1.54, 1.807) is 31.0 Å². The van der Waals surface area contributed by atoms with E-state index in [0.717, 1.165) is 19.4 Å². The number of hydrogen-bond acceptors (Lipinski definition) is 5. The second kappa shape index (κ2) is 6.80. The highest BCUT2D eigenvalue weighted by Crippen LogP contribution is 2.18. The molecule has 1 unspecified atom stereocenters. The smallest absolute Gasteiger partial charge is 0.274 e. The van der Waals surface area contributed by atoms with Crippen LogP contribution in [0.1, 0.15) is 26.7 Å². The largest absolute Gasteiger partial charge is 0.336 e. The van der Waals surface area contributed by atoms with Crippen LogP contribution in [-0.2, 0) is 14.3 Å². The molecule has 0 aliphatic carbocycles. The van der Waals surface area contributed by atoms with Crippen molar-refractivity contribution in [3.8, 4) is 0 Å². The molecule has 0 aromatic rings. The first-order valence-corrected chi connectivity index (χ1v) is 7.76. The maximum atomic E-state index is 11.8. The monoisotopic (exact) mass is 274 g/mol. The molecule has 0 bridgehead atoms. The van der Waals surface area contributed by atoms with Crippen molar-refractivity contribution in [3.05, 3.63) is 24.6 Å². The molecule has 18 heavy (non-hydrogen) atoms. The lowest BCUT2D eigenvalue weighted by molar-refractivity contribution is -0.00852. The van der Waals surface area contributed by atoms with Gasteiger partial charge in [-0.1, -0.05) is 25.5 Å². The summed E-state index contributed by atoms with van der Waals surface area (Å²) in [4.78, 5) is 3.65. The predicted molar refractivity (Wildman–Crippen MR) is 72.0 cm³/mol. The highest BCUT2D eigenvalue weighted by atomic mass is 32.2. The van der Waals surface area contributed by atoms with Crippen molar-refractivity contribution >= 4 is 10.1 Å². The summed E-state index contributed by atoms with van der Waals surface area (Å²) in [7, 11) is -1.72. The predicted octanol–water partition coefficient (Wildman–Crippen LogP) is 1.71. The van der Waals surface area contributed by atoms with Gasteiger partial charge in [0.2, 0.25) is 6.35 Å². The highest BCUT2D eigenvalue weighted by molar-refractivity contribution is 7.86. The average Bonchev–Trinajstić information content (AvgIpc) is 2.65. The quantitative estimate of drug-likeness (QED) is 0.522. The Morgan fingerprint density at radius 1 is 1.39 bits per heavy atom. The standard InChI is InChI=1S/C12H22N2O3S/c1-4-6-8-14-10-9-13(3)12(14)17-18(15,16)11-7-5-2/h5,7,9-10,12H,4,6,8,11H2,1-3H3. The van der Waals surface area contributed by atoms with Crippen LogP contribution in [0.5, 0.6) is 0 Å². The van der Waals surface area contributed by atoms with E-state index in [2.05, 4.69) is 6.92 Å². The first kappa shape index (κ1) is 15.0. The van der Waals surface area contributed by atoms with Gasteiger partial charge in [0.15, 0.2) is 0 Å². The van der Waals surface area contributed by atoms with Gasteiger partial charge >= 0.3 is 0 Å². The fourth-order valence-electron chi connectivity index (χ4n) is 1.61. The topological polar surface area (TPSA) is 49.9 Å². The lowest BCUT2D eigenvalue weighted by Crippen LogP contribution is -2.41. The van der Waals surface area contributed by atoms with Crippen molar-refractivity contribution in [1.29, 1.82) is 0 Å². The van der Waals surface area contributed by atoms with Crippen molar-refractivity contribution in [2.45, 2.75) is 33.0 Å². The third kappa shape index (κ3) is 4.34. The summed E-state index contributed by atoms with van der Waals surface area (Å²) in [6.07, 6.45) is 8.49. The molecular weight excluding hydrogens is 252 g/mol. The number of unbranched alkanes of at least 4 members (excludes halogenated alkanes) is 1. The minimum atomic E-state index is -3.53. The maximum absolute atomic E-state index is 11.8. The van der Waals surface area contributed by atoms with E-state index in [-0.39, 0.29) is 5.75 Å². The van der Waals surface area contributed by atoms with Crippen LogP contribution in [-0.4, -0.2) is 43.9 Å². The molecule has 0 amide bonds. The van der Waals surface area contributed by atoms with Crippen molar-refractivity contribution in [3.63, 3.8) is 0 Å². The minimum Gasteiger partial charge on any atom is -0.336 e. The summed E-state index contributed by atoms with van der Waals surface area (Å²) in [5.41, 5.74) is 0. The van der Waals surface area contributed by atoms with E-state index >= 15 is 0 Å². The van der Waals surface area contributed by atoms with Gasteiger partial charge in [-0.25, -0.2) is 4.18 Å². The zero-order valence-electron chi connectivity index (χ0n) is 11.2. The molecule has 1 heterocycles. The molecule has 5 nitrogen and oxygen atoms in total. The van der Waals surface area contributed by atoms with Crippen LogP contribution in [0, 0.1) is 0 Å². The Hall–Kier alpha value is -1.01. The van der Waals surface area contributed by atoms with E-state index in [0.29, 0.717) is 0 Å². The Balaban J connectivity index is 2.63. The molecular formula is C12H22N2O3S. The molecule has 1 aliphatic rings. The Morgan fingerprint density at radius 2 is 2.11 bits per heavy atom. The second-order valence-corrected chi connectivity index (χ2v) is 5.91. The Bertz CT molecular complexity index is 404.